The predicted octanol–water partition coefficient (Wildman–Crippen LogP) is 5.18. The summed E-state index contributed by atoms with van der Waals surface area (Å²) >= 11 is 5.98. The van der Waals surface area contributed by atoms with Gasteiger partial charge in [-0.15, -0.1) is 0 Å². The predicted molar refractivity (Wildman–Crippen MR) is 152 cm³/mol. The second-order valence-electron chi connectivity index (χ2n) is 9.30. The molecule has 0 aliphatic rings. The van der Waals surface area contributed by atoms with E-state index < -0.39 is 28.5 Å². The van der Waals surface area contributed by atoms with E-state index in [1.807, 2.05) is 51.1 Å². The van der Waals surface area contributed by atoms with E-state index in [0.717, 1.165) is 21.9 Å². The maximum Gasteiger partial charge on any atom is 0.264 e. The van der Waals surface area contributed by atoms with Gasteiger partial charge in [-0.1, -0.05) is 66.6 Å². The third kappa shape index (κ3) is 7.36. The molecule has 0 spiro atoms. The fraction of sp³-hybridized carbons (Fsp3) is 0.310. The van der Waals surface area contributed by atoms with Gasteiger partial charge in [0.1, 0.15) is 12.6 Å². The average molecular weight is 556 g/mol. The second-order valence-corrected chi connectivity index (χ2v) is 11.6. The fourth-order valence-corrected chi connectivity index (χ4v) is 5.34. The van der Waals surface area contributed by atoms with E-state index in [1.165, 1.54) is 29.2 Å². The quantitative estimate of drug-likeness (QED) is 0.353. The van der Waals surface area contributed by atoms with Crippen molar-refractivity contribution in [2.45, 2.75) is 57.6 Å². The van der Waals surface area contributed by atoms with Crippen LogP contribution in [-0.2, 0) is 26.2 Å². The first kappa shape index (κ1) is 29.2. The monoisotopic (exact) mass is 555 g/mol. The van der Waals surface area contributed by atoms with E-state index >= 15 is 0 Å². The minimum Gasteiger partial charge on any atom is -0.352 e. The van der Waals surface area contributed by atoms with E-state index in [0.29, 0.717) is 10.7 Å². The topological polar surface area (TPSA) is 86.8 Å². The highest BCUT2D eigenvalue weighted by Crippen LogP contribution is 2.26. The Morgan fingerprint density at radius 1 is 0.921 bits per heavy atom. The molecule has 0 bridgehead atoms. The van der Waals surface area contributed by atoms with Gasteiger partial charge in [-0.3, -0.25) is 13.9 Å². The number of nitrogens with one attached hydrogen (secondary N) is 1. The van der Waals surface area contributed by atoms with Gasteiger partial charge in [0.05, 0.1) is 10.6 Å². The summed E-state index contributed by atoms with van der Waals surface area (Å²) in [7, 11) is -4.13. The zero-order chi connectivity index (χ0) is 27.9. The molecule has 2 unspecified atom stereocenters. The van der Waals surface area contributed by atoms with Crippen molar-refractivity contribution in [2.24, 2.45) is 0 Å². The Morgan fingerprint density at radius 2 is 1.53 bits per heavy atom. The van der Waals surface area contributed by atoms with Gasteiger partial charge < -0.3 is 10.2 Å². The molecule has 1 N–H and O–H groups in total. The highest BCUT2D eigenvalue weighted by Gasteiger charge is 2.32. The number of aryl methyl sites for hydroxylation is 1. The summed E-state index contributed by atoms with van der Waals surface area (Å²) in [5.74, 6) is -0.801. The van der Waals surface area contributed by atoms with E-state index in [1.54, 1.807) is 31.2 Å². The molecule has 3 aromatic carbocycles. The van der Waals surface area contributed by atoms with Gasteiger partial charge in [0, 0.05) is 17.6 Å². The van der Waals surface area contributed by atoms with Crippen molar-refractivity contribution in [3.8, 4) is 0 Å². The SMILES string of the molecule is CCC(C)NC(=O)C(C)N(Cc1ccccc1)C(=O)CN(c1ccc(C)cc1)S(=O)(=O)c1ccc(Cl)cc1. The van der Waals surface area contributed by atoms with Crippen molar-refractivity contribution in [1.82, 2.24) is 10.2 Å². The molecule has 38 heavy (non-hydrogen) atoms. The number of sulfonamides is 1. The van der Waals surface area contributed by atoms with Crippen LogP contribution in [0.25, 0.3) is 0 Å². The fourth-order valence-electron chi connectivity index (χ4n) is 3.80. The number of halogens is 1. The summed E-state index contributed by atoms with van der Waals surface area (Å²) in [6.07, 6.45) is 0.742. The first-order valence-corrected chi connectivity index (χ1v) is 14.3. The second kappa shape index (κ2) is 12.9. The zero-order valence-electron chi connectivity index (χ0n) is 22.1. The number of amides is 2. The number of carbonyl (C=O) groups is 2. The molecular formula is C29H34ClN3O4S. The van der Waals surface area contributed by atoms with Crippen molar-refractivity contribution in [1.29, 1.82) is 0 Å². The Morgan fingerprint density at radius 3 is 2.11 bits per heavy atom. The summed E-state index contributed by atoms with van der Waals surface area (Å²) in [5.41, 5.74) is 2.12. The molecular weight excluding hydrogens is 522 g/mol. The van der Waals surface area contributed by atoms with Crippen molar-refractivity contribution in [3.05, 3.63) is 95.0 Å². The van der Waals surface area contributed by atoms with Crippen LogP contribution in [0.3, 0.4) is 0 Å². The van der Waals surface area contributed by atoms with Gasteiger partial charge in [-0.05, 0) is 69.2 Å². The van der Waals surface area contributed by atoms with E-state index in [4.69, 9.17) is 11.6 Å². The first-order valence-electron chi connectivity index (χ1n) is 12.5. The van der Waals surface area contributed by atoms with Gasteiger partial charge in [0.25, 0.3) is 10.0 Å². The molecule has 3 rings (SSSR count). The Bertz CT molecular complexity index is 1330. The molecule has 2 amide bonds. The lowest BCUT2D eigenvalue weighted by Gasteiger charge is -2.32. The van der Waals surface area contributed by atoms with Crippen LogP contribution in [0.2, 0.25) is 5.02 Å². The van der Waals surface area contributed by atoms with Crippen molar-refractivity contribution in [2.75, 3.05) is 10.8 Å². The lowest BCUT2D eigenvalue weighted by molar-refractivity contribution is -0.139. The number of nitrogens with zero attached hydrogens (tertiary/aromatic N) is 2. The zero-order valence-corrected chi connectivity index (χ0v) is 23.7. The Kier molecular flexibility index (Phi) is 9.94. The van der Waals surface area contributed by atoms with Crippen LogP contribution in [0.5, 0.6) is 0 Å². The number of carbonyl (C=O) groups excluding carboxylic acids is 2. The van der Waals surface area contributed by atoms with Crippen LogP contribution in [-0.4, -0.2) is 43.8 Å². The number of hydrogen-bond acceptors (Lipinski definition) is 4. The molecule has 2 atom stereocenters. The minimum atomic E-state index is -4.13. The van der Waals surface area contributed by atoms with Gasteiger partial charge in [-0.2, -0.15) is 0 Å². The maximum absolute atomic E-state index is 13.9. The Labute approximate surface area is 230 Å². The van der Waals surface area contributed by atoms with Crippen LogP contribution in [0, 0.1) is 6.92 Å². The van der Waals surface area contributed by atoms with E-state index in [9.17, 15) is 18.0 Å². The lowest BCUT2D eigenvalue weighted by Crippen LogP contribution is -2.52. The minimum absolute atomic E-state index is 0.00689. The maximum atomic E-state index is 13.9. The van der Waals surface area contributed by atoms with Gasteiger partial charge in [0.15, 0.2) is 0 Å². The molecule has 0 aliphatic heterocycles. The smallest absolute Gasteiger partial charge is 0.264 e. The number of rotatable bonds is 11. The molecule has 0 saturated carbocycles. The number of benzene rings is 3. The van der Waals surface area contributed by atoms with Crippen LogP contribution in [0.15, 0.2) is 83.8 Å². The molecule has 3 aromatic rings. The standard InChI is InChI=1S/C29H34ClN3O4S/c1-5-22(3)31-29(35)23(4)32(19-24-9-7-6-8-10-24)28(34)20-33(26-15-11-21(2)12-16-26)38(36,37)27-17-13-25(30)14-18-27/h6-18,22-23H,5,19-20H2,1-4H3,(H,31,35). The van der Waals surface area contributed by atoms with Crippen LogP contribution in [0.4, 0.5) is 5.69 Å². The Balaban J connectivity index is 2.00. The van der Waals surface area contributed by atoms with Crippen molar-refractivity contribution in [3.63, 3.8) is 0 Å². The van der Waals surface area contributed by atoms with Crippen LogP contribution in [0.1, 0.15) is 38.3 Å². The molecule has 9 heteroatoms. The summed E-state index contributed by atoms with van der Waals surface area (Å²) in [4.78, 5) is 28.3. The molecule has 0 fully saturated rings. The molecule has 0 saturated heterocycles. The largest absolute Gasteiger partial charge is 0.352 e. The highest BCUT2D eigenvalue weighted by atomic mass is 35.5. The Hall–Kier alpha value is -3.36. The summed E-state index contributed by atoms with van der Waals surface area (Å²) in [6.45, 7) is 7.07. The molecule has 202 valence electrons. The molecule has 0 aromatic heterocycles. The van der Waals surface area contributed by atoms with Gasteiger partial charge in [-0.25, -0.2) is 8.42 Å². The van der Waals surface area contributed by atoms with Crippen molar-refractivity contribution >= 4 is 39.1 Å². The summed E-state index contributed by atoms with van der Waals surface area (Å²) in [5, 5.41) is 3.33. The number of anilines is 1. The summed E-state index contributed by atoms with van der Waals surface area (Å²) < 4.78 is 28.6. The third-order valence-corrected chi connectivity index (χ3v) is 8.41. The van der Waals surface area contributed by atoms with Crippen LogP contribution >= 0.6 is 11.6 Å². The van der Waals surface area contributed by atoms with E-state index in [2.05, 4.69) is 5.32 Å². The van der Waals surface area contributed by atoms with Gasteiger partial charge >= 0.3 is 0 Å². The highest BCUT2D eigenvalue weighted by molar-refractivity contribution is 7.92. The first-order chi connectivity index (χ1) is 18.0. The van der Waals surface area contributed by atoms with Crippen molar-refractivity contribution < 1.29 is 18.0 Å². The number of hydrogen-bond donors (Lipinski definition) is 1. The molecule has 0 aliphatic carbocycles. The van der Waals surface area contributed by atoms with Crippen LogP contribution < -0.4 is 9.62 Å². The third-order valence-electron chi connectivity index (χ3n) is 6.37. The average Bonchev–Trinajstić information content (AvgIpc) is 2.91. The lowest BCUT2D eigenvalue weighted by atomic mass is 10.1. The summed E-state index contributed by atoms with van der Waals surface area (Å²) in [6, 6.07) is 21.1. The molecule has 0 radical (unpaired) electrons. The van der Waals surface area contributed by atoms with E-state index in [-0.39, 0.29) is 23.4 Å². The normalized spacial score (nSPS) is 12.9. The van der Waals surface area contributed by atoms with Gasteiger partial charge in [0.2, 0.25) is 11.8 Å². The molecule has 7 nitrogen and oxygen atoms in total. The molecule has 0 heterocycles.